The first-order valence-corrected chi connectivity index (χ1v) is 7.91. The van der Waals surface area contributed by atoms with Gasteiger partial charge in [0, 0.05) is 0 Å². The fourth-order valence-corrected chi connectivity index (χ4v) is 4.36. The zero-order valence-corrected chi connectivity index (χ0v) is 12.2. The molecule has 2 aromatic heterocycles. The monoisotopic (exact) mass is 326 g/mol. The summed E-state index contributed by atoms with van der Waals surface area (Å²) < 4.78 is 2.98. The molecule has 0 aliphatic carbocycles. The van der Waals surface area contributed by atoms with Crippen LogP contribution in [0.2, 0.25) is 0 Å². The Kier molecular flexibility index (Phi) is 2.59. The molecule has 0 fully saturated rings. The fourth-order valence-electron chi connectivity index (χ4n) is 2.31. The first-order valence-electron chi connectivity index (χ1n) is 6.29. The Morgan fingerprint density at radius 2 is 1.80 bits per heavy atom. The number of benzene rings is 2. The summed E-state index contributed by atoms with van der Waals surface area (Å²) in [7, 11) is 0. The number of fused-ring (bicyclic) bond motifs is 2. The van der Waals surface area contributed by atoms with Gasteiger partial charge in [-0.3, -0.25) is 0 Å². The Balaban J connectivity index is 2.01. The van der Waals surface area contributed by atoms with Gasteiger partial charge in [0.15, 0.2) is 0 Å². The van der Waals surface area contributed by atoms with Crippen LogP contribution in [0.4, 0.5) is 0 Å². The van der Waals surface area contributed by atoms with E-state index in [-0.39, 0.29) is 20.3 Å². The van der Waals surface area contributed by atoms with Crippen molar-refractivity contribution >= 4 is 35.3 Å². The van der Waals surface area contributed by atoms with Gasteiger partial charge in [-0.15, -0.1) is 0 Å². The van der Waals surface area contributed by atoms with Crippen LogP contribution in [-0.4, -0.2) is 23.3 Å². The molecule has 0 amide bonds. The molecular weight excluding hydrogens is 315 g/mol. The average molecular weight is 325 g/mol. The van der Waals surface area contributed by atoms with Crippen molar-refractivity contribution in [2.45, 2.75) is 0 Å². The number of rotatable bonds is 1. The first kappa shape index (κ1) is 11.6. The molecule has 0 N–H and O–H groups in total. The fraction of sp³-hybridized carbons (Fsp3) is 0. The third-order valence-electron chi connectivity index (χ3n) is 3.30. The Labute approximate surface area is 121 Å². The summed E-state index contributed by atoms with van der Waals surface area (Å²) in [5.74, 6) is 0. The molecule has 4 rings (SSSR count). The molecule has 0 aliphatic heterocycles. The minimum atomic E-state index is -0.00217. The number of hydrogen-bond donors (Lipinski definition) is 0. The minimum absolute atomic E-state index is 0.00217. The summed E-state index contributed by atoms with van der Waals surface area (Å²) in [6.45, 7) is 0. The van der Waals surface area contributed by atoms with E-state index in [4.69, 9.17) is 0 Å². The van der Waals surface area contributed by atoms with E-state index in [1.807, 2.05) is 58.2 Å². The summed E-state index contributed by atoms with van der Waals surface area (Å²) in [5, 5.41) is 1.88. The standard InChI is InChI=1S/C16H10N2OSe/c19-16-13-6-2-4-8-15(13)20-18(16)12-9-11-5-1-3-7-14(11)17-10-12/h1-10H. The van der Waals surface area contributed by atoms with Gasteiger partial charge in [-0.2, -0.15) is 0 Å². The average Bonchev–Trinajstić information content (AvgIpc) is 2.84. The second kappa shape index (κ2) is 4.44. The van der Waals surface area contributed by atoms with Crippen LogP contribution in [-0.2, 0) is 0 Å². The van der Waals surface area contributed by atoms with Crippen LogP contribution in [0.15, 0.2) is 65.6 Å². The molecule has 2 aromatic carbocycles. The van der Waals surface area contributed by atoms with E-state index in [0.29, 0.717) is 0 Å². The van der Waals surface area contributed by atoms with Crippen molar-refractivity contribution in [1.29, 1.82) is 0 Å². The van der Waals surface area contributed by atoms with Gasteiger partial charge in [-0.05, 0) is 0 Å². The van der Waals surface area contributed by atoms with Gasteiger partial charge in [0.2, 0.25) is 0 Å². The molecule has 0 bridgehead atoms. The van der Waals surface area contributed by atoms with Gasteiger partial charge in [-0.1, -0.05) is 0 Å². The van der Waals surface area contributed by atoms with Crippen LogP contribution < -0.4 is 5.56 Å². The number of para-hydroxylation sites is 1. The molecule has 3 nitrogen and oxygen atoms in total. The van der Waals surface area contributed by atoms with Gasteiger partial charge in [0.25, 0.3) is 0 Å². The molecule has 20 heavy (non-hydrogen) atoms. The molecule has 0 aliphatic rings. The van der Waals surface area contributed by atoms with Crippen molar-refractivity contribution in [1.82, 2.24) is 8.55 Å². The van der Waals surface area contributed by atoms with E-state index in [1.54, 1.807) is 6.20 Å². The third kappa shape index (κ3) is 1.73. The first-order chi connectivity index (χ1) is 9.83. The van der Waals surface area contributed by atoms with Crippen LogP contribution >= 0.6 is 0 Å². The molecule has 0 radical (unpaired) electrons. The molecule has 2 heterocycles. The van der Waals surface area contributed by atoms with Crippen molar-refractivity contribution in [3.8, 4) is 5.69 Å². The molecule has 0 spiro atoms. The maximum absolute atomic E-state index is 12.4. The van der Waals surface area contributed by atoms with Crippen molar-refractivity contribution in [3.63, 3.8) is 0 Å². The predicted octanol–water partition coefficient (Wildman–Crippen LogP) is 2.60. The normalized spacial score (nSPS) is 11.2. The topological polar surface area (TPSA) is 34.9 Å². The van der Waals surface area contributed by atoms with Crippen LogP contribution in [0.25, 0.3) is 26.2 Å². The maximum atomic E-state index is 12.4. The quantitative estimate of drug-likeness (QED) is 0.504. The van der Waals surface area contributed by atoms with Gasteiger partial charge in [0.05, 0.1) is 0 Å². The molecule has 0 saturated carbocycles. The molecule has 4 heteroatoms. The van der Waals surface area contributed by atoms with E-state index in [9.17, 15) is 4.79 Å². The van der Waals surface area contributed by atoms with Gasteiger partial charge in [0.1, 0.15) is 0 Å². The van der Waals surface area contributed by atoms with Crippen molar-refractivity contribution in [3.05, 3.63) is 71.1 Å². The molecule has 0 atom stereocenters. The van der Waals surface area contributed by atoms with Crippen LogP contribution in [0.1, 0.15) is 0 Å². The number of hydrogen-bond acceptors (Lipinski definition) is 2. The van der Waals surface area contributed by atoms with Gasteiger partial charge < -0.3 is 0 Å². The van der Waals surface area contributed by atoms with E-state index in [1.165, 1.54) is 0 Å². The van der Waals surface area contributed by atoms with Crippen LogP contribution in [0, 0.1) is 0 Å². The van der Waals surface area contributed by atoms with Crippen LogP contribution in [0.5, 0.6) is 0 Å². The van der Waals surface area contributed by atoms with Crippen LogP contribution in [0.3, 0.4) is 0 Å². The summed E-state index contributed by atoms with van der Waals surface area (Å²) in [6.07, 6.45) is 1.79. The zero-order chi connectivity index (χ0) is 13.5. The molecule has 4 aromatic rings. The number of nitrogens with zero attached hydrogens (tertiary/aromatic N) is 2. The van der Waals surface area contributed by atoms with E-state index in [2.05, 4.69) is 4.98 Å². The summed E-state index contributed by atoms with van der Waals surface area (Å²) in [6, 6.07) is 17.8. The Morgan fingerprint density at radius 1 is 1.00 bits per heavy atom. The molecule has 0 saturated heterocycles. The predicted molar refractivity (Wildman–Crippen MR) is 81.8 cm³/mol. The second-order valence-corrected chi connectivity index (χ2v) is 6.65. The van der Waals surface area contributed by atoms with Gasteiger partial charge >= 0.3 is 121 Å². The van der Waals surface area contributed by atoms with Crippen molar-refractivity contribution < 1.29 is 0 Å². The summed E-state index contributed by atoms with van der Waals surface area (Å²) in [5.41, 5.74) is 1.91. The third-order valence-corrected chi connectivity index (χ3v) is 5.63. The van der Waals surface area contributed by atoms with E-state index in [0.717, 1.165) is 26.2 Å². The SMILES string of the molecule is O=c1c2ccccc2[se]n1-c1cnc2ccccc2c1. The van der Waals surface area contributed by atoms with Gasteiger partial charge in [-0.25, -0.2) is 0 Å². The number of pyridine rings is 1. The summed E-state index contributed by atoms with van der Waals surface area (Å²) in [4.78, 5) is 16.9. The van der Waals surface area contributed by atoms with Crippen molar-refractivity contribution in [2.24, 2.45) is 0 Å². The van der Waals surface area contributed by atoms with E-state index >= 15 is 0 Å². The zero-order valence-electron chi connectivity index (χ0n) is 10.5. The Morgan fingerprint density at radius 3 is 2.70 bits per heavy atom. The summed E-state index contributed by atoms with van der Waals surface area (Å²) >= 11 is -0.00217. The van der Waals surface area contributed by atoms with E-state index < -0.39 is 0 Å². The number of aromatic nitrogens is 2. The second-order valence-electron chi connectivity index (χ2n) is 4.57. The molecule has 96 valence electrons. The Hall–Kier alpha value is -2.16. The molecule has 0 unspecified atom stereocenters. The molecular formula is C16H10N2OSe. The Bertz CT molecular complexity index is 984. The van der Waals surface area contributed by atoms with Crippen molar-refractivity contribution in [2.75, 3.05) is 0 Å².